The summed E-state index contributed by atoms with van der Waals surface area (Å²) in [6, 6.07) is 11.1. The van der Waals surface area contributed by atoms with Crippen molar-refractivity contribution in [1.82, 2.24) is 10.2 Å². The smallest absolute Gasteiger partial charge is 0.258 e. The van der Waals surface area contributed by atoms with Crippen LogP contribution in [0.15, 0.2) is 42.5 Å². The van der Waals surface area contributed by atoms with Crippen molar-refractivity contribution in [3.63, 3.8) is 0 Å². The largest absolute Gasteiger partial charge is 0.322 e. The third-order valence-electron chi connectivity index (χ3n) is 5.29. The van der Waals surface area contributed by atoms with Gasteiger partial charge in [0.1, 0.15) is 6.04 Å². The van der Waals surface area contributed by atoms with E-state index < -0.39 is 11.9 Å². The number of hydrogen-bond acceptors (Lipinski definition) is 4. The summed E-state index contributed by atoms with van der Waals surface area (Å²) in [4.78, 5) is 52.0. The molecule has 1 fully saturated rings. The molecule has 0 aliphatic carbocycles. The Bertz CT molecular complexity index is 1030. The first-order valence-electron chi connectivity index (χ1n) is 9.16. The Morgan fingerprint density at radius 3 is 2.55 bits per heavy atom. The van der Waals surface area contributed by atoms with E-state index in [1.807, 2.05) is 0 Å². The SMILES string of the molecule is CN(C(=O)c1ccc(Cl)cc1)c1ccc2c(c1)CN(C1CCC(=O)NC1=O)C2=O. The molecule has 0 aromatic heterocycles. The fourth-order valence-electron chi connectivity index (χ4n) is 3.67. The van der Waals surface area contributed by atoms with Crippen LogP contribution in [0.25, 0.3) is 0 Å². The monoisotopic (exact) mass is 411 g/mol. The standard InChI is InChI=1S/C21H18ClN3O4/c1-24(20(28)12-2-4-14(22)5-3-12)15-6-7-16-13(10-15)11-25(21(16)29)17-8-9-18(26)23-19(17)27/h2-7,10,17H,8-9,11H2,1H3,(H,23,26,27). The van der Waals surface area contributed by atoms with Crippen LogP contribution in [0.5, 0.6) is 0 Å². The average molecular weight is 412 g/mol. The van der Waals surface area contributed by atoms with Crippen LogP contribution in [0, 0.1) is 0 Å². The van der Waals surface area contributed by atoms with E-state index in [1.54, 1.807) is 49.5 Å². The predicted molar refractivity (Wildman–Crippen MR) is 107 cm³/mol. The second-order valence-electron chi connectivity index (χ2n) is 7.11. The lowest BCUT2D eigenvalue weighted by atomic mass is 10.0. The number of amides is 4. The first-order chi connectivity index (χ1) is 13.8. The van der Waals surface area contributed by atoms with E-state index in [2.05, 4.69) is 5.32 Å². The number of imide groups is 1. The van der Waals surface area contributed by atoms with Gasteiger partial charge in [-0.05, 0) is 54.4 Å². The van der Waals surface area contributed by atoms with Crippen LogP contribution in [0.4, 0.5) is 5.69 Å². The molecule has 148 valence electrons. The molecule has 8 heteroatoms. The third-order valence-corrected chi connectivity index (χ3v) is 5.54. The van der Waals surface area contributed by atoms with E-state index in [0.717, 1.165) is 5.56 Å². The molecule has 7 nitrogen and oxygen atoms in total. The van der Waals surface area contributed by atoms with Gasteiger partial charge in [0.15, 0.2) is 0 Å². The maximum Gasteiger partial charge on any atom is 0.258 e. The van der Waals surface area contributed by atoms with Crippen molar-refractivity contribution in [2.45, 2.75) is 25.4 Å². The third kappa shape index (κ3) is 3.49. The van der Waals surface area contributed by atoms with Crippen molar-refractivity contribution in [1.29, 1.82) is 0 Å². The van der Waals surface area contributed by atoms with Crippen molar-refractivity contribution in [2.24, 2.45) is 0 Å². The maximum absolute atomic E-state index is 12.8. The van der Waals surface area contributed by atoms with Crippen LogP contribution >= 0.6 is 11.6 Å². The Labute approximate surface area is 172 Å². The first-order valence-corrected chi connectivity index (χ1v) is 9.54. The molecule has 2 heterocycles. The topological polar surface area (TPSA) is 86.8 Å². The van der Waals surface area contributed by atoms with E-state index >= 15 is 0 Å². The second-order valence-corrected chi connectivity index (χ2v) is 7.55. The van der Waals surface area contributed by atoms with Gasteiger partial charge in [-0.1, -0.05) is 11.6 Å². The molecule has 0 radical (unpaired) electrons. The maximum atomic E-state index is 12.8. The Morgan fingerprint density at radius 1 is 1.14 bits per heavy atom. The Morgan fingerprint density at radius 2 is 1.86 bits per heavy atom. The Kier molecular flexibility index (Phi) is 4.84. The van der Waals surface area contributed by atoms with Gasteiger partial charge < -0.3 is 9.80 Å². The van der Waals surface area contributed by atoms with Gasteiger partial charge in [0.2, 0.25) is 11.8 Å². The summed E-state index contributed by atoms with van der Waals surface area (Å²) in [5.41, 5.74) is 2.39. The normalized spacial score (nSPS) is 18.5. The minimum Gasteiger partial charge on any atom is -0.322 e. The molecule has 0 saturated carbocycles. The molecule has 29 heavy (non-hydrogen) atoms. The van der Waals surface area contributed by atoms with E-state index in [1.165, 1.54) is 9.80 Å². The van der Waals surface area contributed by atoms with Gasteiger partial charge in [-0.25, -0.2) is 0 Å². The summed E-state index contributed by atoms with van der Waals surface area (Å²) in [6.45, 7) is 0.261. The molecule has 1 atom stereocenters. The van der Waals surface area contributed by atoms with Gasteiger partial charge in [-0.2, -0.15) is 0 Å². The van der Waals surface area contributed by atoms with Gasteiger partial charge in [-0.15, -0.1) is 0 Å². The zero-order valence-electron chi connectivity index (χ0n) is 15.6. The quantitative estimate of drug-likeness (QED) is 0.785. The van der Waals surface area contributed by atoms with Gasteiger partial charge in [0.25, 0.3) is 11.8 Å². The number of nitrogens with zero attached hydrogens (tertiary/aromatic N) is 2. The van der Waals surface area contributed by atoms with E-state index in [9.17, 15) is 19.2 Å². The van der Waals surface area contributed by atoms with Crippen molar-refractivity contribution in [3.05, 3.63) is 64.2 Å². The van der Waals surface area contributed by atoms with Crippen LogP contribution in [0.2, 0.25) is 5.02 Å². The van der Waals surface area contributed by atoms with Crippen LogP contribution < -0.4 is 10.2 Å². The zero-order valence-corrected chi connectivity index (χ0v) is 16.4. The minimum atomic E-state index is -0.663. The van der Waals surface area contributed by atoms with Crippen molar-refractivity contribution >= 4 is 40.9 Å². The lowest BCUT2D eigenvalue weighted by Crippen LogP contribution is -2.52. The summed E-state index contributed by atoms with van der Waals surface area (Å²) >= 11 is 5.88. The van der Waals surface area contributed by atoms with Gasteiger partial charge in [0.05, 0.1) is 0 Å². The number of anilines is 1. The van der Waals surface area contributed by atoms with Gasteiger partial charge in [-0.3, -0.25) is 24.5 Å². The Hall–Kier alpha value is -3.19. The highest BCUT2D eigenvalue weighted by molar-refractivity contribution is 6.30. The number of nitrogens with one attached hydrogen (secondary N) is 1. The minimum absolute atomic E-state index is 0.201. The van der Waals surface area contributed by atoms with E-state index in [-0.39, 0.29) is 30.7 Å². The molecular weight excluding hydrogens is 394 g/mol. The molecule has 4 rings (SSSR count). The molecule has 2 aliphatic heterocycles. The number of halogens is 1. The summed E-state index contributed by atoms with van der Waals surface area (Å²) in [7, 11) is 1.66. The number of rotatable bonds is 3. The first kappa shape index (κ1) is 19.1. The number of hydrogen-bond donors (Lipinski definition) is 1. The van der Waals surface area contributed by atoms with Gasteiger partial charge in [0, 0.05) is 41.9 Å². The molecular formula is C21H18ClN3O4. The lowest BCUT2D eigenvalue weighted by molar-refractivity contribution is -0.136. The van der Waals surface area contributed by atoms with Crippen molar-refractivity contribution < 1.29 is 19.2 Å². The highest BCUT2D eigenvalue weighted by Gasteiger charge is 2.39. The Balaban J connectivity index is 1.55. The molecule has 2 aromatic rings. The lowest BCUT2D eigenvalue weighted by Gasteiger charge is -2.29. The summed E-state index contributed by atoms with van der Waals surface area (Å²) in [6.07, 6.45) is 0.520. The van der Waals surface area contributed by atoms with Crippen LogP contribution in [-0.2, 0) is 16.1 Å². The zero-order chi connectivity index (χ0) is 20.7. The molecule has 0 bridgehead atoms. The van der Waals surface area contributed by atoms with Gasteiger partial charge >= 0.3 is 0 Å². The predicted octanol–water partition coefficient (Wildman–Crippen LogP) is 2.38. The fourth-order valence-corrected chi connectivity index (χ4v) is 3.80. The summed E-state index contributed by atoms with van der Waals surface area (Å²) < 4.78 is 0. The van der Waals surface area contributed by atoms with E-state index in [4.69, 9.17) is 11.6 Å². The molecule has 2 aromatic carbocycles. The molecule has 1 saturated heterocycles. The molecule has 1 unspecified atom stereocenters. The molecule has 4 amide bonds. The second kappa shape index (κ2) is 7.33. The summed E-state index contributed by atoms with van der Waals surface area (Å²) in [5, 5.41) is 2.84. The number of piperidine rings is 1. The number of carbonyl (C=O) groups is 4. The highest BCUT2D eigenvalue weighted by atomic mass is 35.5. The molecule has 1 N–H and O–H groups in total. The van der Waals surface area contributed by atoms with Crippen LogP contribution in [0.1, 0.15) is 39.1 Å². The van der Waals surface area contributed by atoms with E-state index in [0.29, 0.717) is 28.3 Å². The van der Waals surface area contributed by atoms with Crippen LogP contribution in [-0.4, -0.2) is 41.6 Å². The fraction of sp³-hybridized carbons (Fsp3) is 0.238. The highest BCUT2D eigenvalue weighted by Crippen LogP contribution is 2.30. The number of carbonyl (C=O) groups excluding carboxylic acids is 4. The molecule has 0 spiro atoms. The number of fused-ring (bicyclic) bond motifs is 1. The average Bonchev–Trinajstić information content (AvgIpc) is 3.03. The van der Waals surface area contributed by atoms with Crippen molar-refractivity contribution in [3.8, 4) is 0 Å². The van der Waals surface area contributed by atoms with Crippen LogP contribution in [0.3, 0.4) is 0 Å². The summed E-state index contributed by atoms with van der Waals surface area (Å²) in [5.74, 6) is -1.21. The van der Waals surface area contributed by atoms with Crippen molar-refractivity contribution in [2.75, 3.05) is 11.9 Å². The number of benzene rings is 2. The molecule has 2 aliphatic rings.